The van der Waals surface area contributed by atoms with Crippen molar-refractivity contribution < 1.29 is 23.0 Å². The molecule has 3 aromatic rings. The zero-order valence-corrected chi connectivity index (χ0v) is 20.5. The molecule has 0 radical (unpaired) electrons. The standard InChI is InChI=1S/C22H19ClF2N4O3S.H2S/c1-31-18-9-15-12(8-13(18)21(26)30)16(4-6-27-15)32-17-3-2-14(19(23)20(17)25)28-22(33)29-7-5-11(24)10-29;/h2-4,6,8-9,11H,5,7,10H2,1H3,(H2,26,30)(H,28,33);1H2/t11-;/m0./s1. The molecule has 0 unspecified atom stereocenters. The van der Waals surface area contributed by atoms with Crippen molar-refractivity contribution in [3.8, 4) is 17.2 Å². The van der Waals surface area contributed by atoms with Gasteiger partial charge in [-0.3, -0.25) is 9.78 Å². The minimum atomic E-state index is -0.946. The Kier molecular flexibility index (Phi) is 8.01. The number of likely N-dealkylation sites (tertiary alicyclic amines) is 1. The number of carbonyl (C=O) groups excluding carboxylic acids is 1. The van der Waals surface area contributed by atoms with Crippen LogP contribution in [-0.2, 0) is 0 Å². The van der Waals surface area contributed by atoms with Crippen molar-refractivity contribution in [2.75, 3.05) is 25.5 Å². The number of hydrogen-bond acceptors (Lipinski definition) is 5. The van der Waals surface area contributed by atoms with Gasteiger partial charge in [-0.15, -0.1) is 0 Å². The van der Waals surface area contributed by atoms with Crippen molar-refractivity contribution in [3.63, 3.8) is 0 Å². The highest BCUT2D eigenvalue weighted by molar-refractivity contribution is 7.80. The van der Waals surface area contributed by atoms with E-state index in [-0.39, 0.29) is 58.7 Å². The predicted octanol–water partition coefficient (Wildman–Crippen LogP) is 4.78. The normalized spacial score (nSPS) is 15.1. The molecule has 2 aromatic carbocycles. The maximum absolute atomic E-state index is 15.0. The van der Waals surface area contributed by atoms with Crippen LogP contribution < -0.4 is 20.5 Å². The van der Waals surface area contributed by atoms with Gasteiger partial charge < -0.3 is 25.4 Å². The third kappa shape index (κ3) is 5.11. The number of anilines is 1. The number of methoxy groups -OCH3 is 1. The molecule has 1 aliphatic rings. The number of primary amides is 1. The molecule has 7 nitrogen and oxygen atoms in total. The number of carbonyl (C=O) groups is 1. The van der Waals surface area contributed by atoms with Crippen LogP contribution in [0.1, 0.15) is 16.8 Å². The van der Waals surface area contributed by atoms with E-state index < -0.39 is 17.9 Å². The van der Waals surface area contributed by atoms with Crippen molar-refractivity contribution in [2.24, 2.45) is 5.73 Å². The number of fused-ring (bicyclic) bond motifs is 1. The fourth-order valence-corrected chi connectivity index (χ4v) is 4.00. The molecular formula is C22H21ClF2N4O3S2. The van der Waals surface area contributed by atoms with Crippen LogP contribution >= 0.6 is 37.3 Å². The summed E-state index contributed by atoms with van der Waals surface area (Å²) in [4.78, 5) is 17.7. The zero-order chi connectivity index (χ0) is 23.7. The SMILES string of the molecule is COc1cc2nccc(Oc3ccc(NC(=S)N4CC[C@H](F)C4)c(Cl)c3F)c2cc1C(N)=O.S. The largest absolute Gasteiger partial charge is 0.496 e. The average molecular weight is 527 g/mol. The van der Waals surface area contributed by atoms with Gasteiger partial charge in [-0.25, -0.2) is 8.78 Å². The zero-order valence-electron chi connectivity index (χ0n) is 17.9. The van der Waals surface area contributed by atoms with Crippen LogP contribution in [0.4, 0.5) is 14.5 Å². The number of pyridine rings is 1. The lowest BCUT2D eigenvalue weighted by Gasteiger charge is -2.20. The Morgan fingerprint density at radius 1 is 1.29 bits per heavy atom. The van der Waals surface area contributed by atoms with Gasteiger partial charge in [-0.05, 0) is 42.9 Å². The van der Waals surface area contributed by atoms with Gasteiger partial charge in [0.1, 0.15) is 22.7 Å². The molecule has 1 aliphatic heterocycles. The van der Waals surface area contributed by atoms with Crippen molar-refractivity contribution in [2.45, 2.75) is 12.6 Å². The number of nitrogens with two attached hydrogens (primary N) is 1. The maximum Gasteiger partial charge on any atom is 0.252 e. The fourth-order valence-electron chi connectivity index (χ4n) is 3.52. The molecule has 0 spiro atoms. The molecule has 1 aromatic heterocycles. The highest BCUT2D eigenvalue weighted by Gasteiger charge is 2.25. The Balaban J connectivity index is 0.00000324. The molecule has 2 heterocycles. The van der Waals surface area contributed by atoms with Crippen LogP contribution in [0.25, 0.3) is 10.9 Å². The molecule has 180 valence electrons. The smallest absolute Gasteiger partial charge is 0.252 e. The molecule has 3 N–H and O–H groups in total. The first-order valence-corrected chi connectivity index (χ1v) is 10.7. The minimum Gasteiger partial charge on any atom is -0.496 e. The topological polar surface area (TPSA) is 89.7 Å². The van der Waals surface area contributed by atoms with Gasteiger partial charge in [0.2, 0.25) is 0 Å². The van der Waals surface area contributed by atoms with Gasteiger partial charge in [0, 0.05) is 24.2 Å². The molecule has 0 aliphatic carbocycles. The molecule has 34 heavy (non-hydrogen) atoms. The molecule has 1 amide bonds. The number of alkyl halides is 1. The third-order valence-corrected chi connectivity index (χ3v) is 5.94. The van der Waals surface area contributed by atoms with Gasteiger partial charge >= 0.3 is 0 Å². The number of nitrogens with one attached hydrogen (secondary N) is 1. The number of thiocarbonyl (C=S) groups is 1. The van der Waals surface area contributed by atoms with Crippen molar-refractivity contribution in [1.82, 2.24) is 9.88 Å². The van der Waals surface area contributed by atoms with E-state index in [2.05, 4.69) is 10.3 Å². The molecule has 0 bridgehead atoms. The highest BCUT2D eigenvalue weighted by Crippen LogP contribution is 2.37. The number of ether oxygens (including phenoxy) is 2. The summed E-state index contributed by atoms with van der Waals surface area (Å²) in [6.07, 6.45) is 0.918. The quantitative estimate of drug-likeness (QED) is 0.462. The van der Waals surface area contributed by atoms with Gasteiger partial charge in [0.05, 0.1) is 30.4 Å². The number of amides is 1. The highest BCUT2D eigenvalue weighted by atomic mass is 35.5. The second kappa shape index (κ2) is 10.6. The first kappa shape index (κ1) is 25.7. The molecule has 0 saturated carbocycles. The Hall–Kier alpha value is -2.89. The van der Waals surface area contributed by atoms with Crippen LogP contribution in [0, 0.1) is 5.82 Å². The van der Waals surface area contributed by atoms with Crippen molar-refractivity contribution in [1.29, 1.82) is 0 Å². The number of hydrogen-bond donors (Lipinski definition) is 2. The summed E-state index contributed by atoms with van der Waals surface area (Å²) in [5.41, 5.74) is 6.26. The van der Waals surface area contributed by atoms with Crippen LogP contribution in [0.5, 0.6) is 17.2 Å². The average Bonchev–Trinajstić information content (AvgIpc) is 3.24. The number of nitrogens with zero attached hydrogens (tertiary/aromatic N) is 2. The van der Waals surface area contributed by atoms with Crippen LogP contribution in [0.2, 0.25) is 5.02 Å². The summed E-state index contributed by atoms with van der Waals surface area (Å²) in [6.45, 7) is 0.655. The summed E-state index contributed by atoms with van der Waals surface area (Å²) in [7, 11) is 1.41. The molecule has 4 rings (SSSR count). The second-order valence-electron chi connectivity index (χ2n) is 7.35. The van der Waals surface area contributed by atoms with Crippen LogP contribution in [0.15, 0.2) is 36.5 Å². The summed E-state index contributed by atoms with van der Waals surface area (Å²) in [5, 5.41) is 3.32. The summed E-state index contributed by atoms with van der Waals surface area (Å²) < 4.78 is 39.4. The molecule has 1 saturated heterocycles. The Bertz CT molecular complexity index is 1260. The lowest BCUT2D eigenvalue weighted by atomic mass is 10.1. The van der Waals surface area contributed by atoms with E-state index in [4.69, 9.17) is 39.0 Å². The monoisotopic (exact) mass is 526 g/mol. The van der Waals surface area contributed by atoms with Gasteiger partial charge in [0.25, 0.3) is 5.91 Å². The lowest BCUT2D eigenvalue weighted by molar-refractivity contribution is 0.0997. The number of rotatable bonds is 5. The molecule has 12 heteroatoms. The maximum atomic E-state index is 15.0. The second-order valence-corrected chi connectivity index (χ2v) is 8.11. The molecular weight excluding hydrogens is 506 g/mol. The van der Waals surface area contributed by atoms with Crippen molar-refractivity contribution >= 4 is 64.9 Å². The summed E-state index contributed by atoms with van der Waals surface area (Å²) in [5.74, 6) is -1.16. The van der Waals surface area contributed by atoms with E-state index in [9.17, 15) is 9.18 Å². The number of benzene rings is 2. The lowest BCUT2D eigenvalue weighted by Crippen LogP contribution is -2.33. The Labute approximate surface area is 211 Å². The Morgan fingerprint density at radius 2 is 2.06 bits per heavy atom. The summed E-state index contributed by atoms with van der Waals surface area (Å²) >= 11 is 11.5. The van der Waals surface area contributed by atoms with E-state index in [1.807, 2.05) is 0 Å². The van der Waals surface area contributed by atoms with Gasteiger partial charge in [-0.1, -0.05) is 11.6 Å². The first-order chi connectivity index (χ1) is 15.8. The van der Waals surface area contributed by atoms with E-state index in [0.717, 1.165) is 0 Å². The first-order valence-electron chi connectivity index (χ1n) is 9.91. The van der Waals surface area contributed by atoms with Gasteiger partial charge in [-0.2, -0.15) is 13.5 Å². The molecule has 1 fully saturated rings. The third-order valence-electron chi connectivity index (χ3n) is 5.21. The van der Waals surface area contributed by atoms with E-state index in [0.29, 0.717) is 23.9 Å². The Morgan fingerprint density at radius 3 is 2.71 bits per heavy atom. The van der Waals surface area contributed by atoms with Gasteiger partial charge in [0.15, 0.2) is 16.7 Å². The van der Waals surface area contributed by atoms with E-state index in [1.54, 1.807) is 11.0 Å². The van der Waals surface area contributed by atoms with E-state index in [1.165, 1.54) is 37.6 Å². The van der Waals surface area contributed by atoms with Crippen LogP contribution in [-0.4, -0.2) is 47.3 Å². The van der Waals surface area contributed by atoms with Crippen molar-refractivity contribution in [3.05, 3.63) is 52.9 Å². The summed E-state index contributed by atoms with van der Waals surface area (Å²) in [6, 6.07) is 7.44. The van der Waals surface area contributed by atoms with Crippen LogP contribution in [0.3, 0.4) is 0 Å². The van der Waals surface area contributed by atoms with E-state index >= 15 is 4.39 Å². The number of aromatic nitrogens is 1. The molecule has 1 atom stereocenters. The minimum absolute atomic E-state index is 0. The predicted molar refractivity (Wildman–Crippen MR) is 136 cm³/mol. The fraction of sp³-hybridized carbons (Fsp3) is 0.227. The number of halogens is 3.